The van der Waals surface area contributed by atoms with Crippen LogP contribution in [0.2, 0.25) is 0 Å². The molecule has 2 heterocycles. The Kier molecular flexibility index (Phi) is 4.34. The number of ether oxygens (including phenoxy) is 1. The first-order valence-electron chi connectivity index (χ1n) is 8.66. The highest BCUT2D eigenvalue weighted by atomic mass is 19.1. The fraction of sp³-hybridized carbons (Fsp3) is 0.421. The van der Waals surface area contributed by atoms with E-state index in [4.69, 9.17) is 4.74 Å². The number of halogens is 1. The SMILES string of the molecule is Fc1ccc(Oc2ccc(N3CCCN(C4CC4)CC3)nc2)cc1. The maximum atomic E-state index is 12.9. The fourth-order valence-electron chi connectivity index (χ4n) is 3.23. The van der Waals surface area contributed by atoms with Crippen LogP contribution in [0.15, 0.2) is 42.6 Å². The minimum atomic E-state index is -0.266. The van der Waals surface area contributed by atoms with Gasteiger partial charge in [0.25, 0.3) is 0 Å². The van der Waals surface area contributed by atoms with Gasteiger partial charge in [-0.05, 0) is 55.7 Å². The summed E-state index contributed by atoms with van der Waals surface area (Å²) in [6, 6.07) is 10.8. The molecule has 1 saturated heterocycles. The summed E-state index contributed by atoms with van der Waals surface area (Å²) in [5, 5.41) is 0. The Bertz CT molecular complexity index is 670. The van der Waals surface area contributed by atoms with Crippen LogP contribution in [-0.2, 0) is 0 Å². The van der Waals surface area contributed by atoms with E-state index in [1.807, 2.05) is 12.1 Å². The molecule has 0 amide bonds. The zero-order chi connectivity index (χ0) is 16.4. The van der Waals surface area contributed by atoms with Crippen molar-refractivity contribution in [2.75, 3.05) is 31.1 Å². The quantitative estimate of drug-likeness (QED) is 0.856. The van der Waals surface area contributed by atoms with E-state index < -0.39 is 0 Å². The standard InChI is InChI=1S/C19H22FN3O/c20-15-2-6-17(7-3-15)24-18-8-9-19(21-14-18)23-11-1-10-22(12-13-23)16-4-5-16/h2-3,6-9,14,16H,1,4-5,10-13H2. The molecule has 2 fully saturated rings. The van der Waals surface area contributed by atoms with Crippen molar-refractivity contribution in [3.8, 4) is 11.5 Å². The second kappa shape index (κ2) is 6.77. The molecule has 5 heteroatoms. The number of rotatable bonds is 4. The van der Waals surface area contributed by atoms with Crippen molar-refractivity contribution in [3.63, 3.8) is 0 Å². The second-order valence-electron chi connectivity index (χ2n) is 6.52. The summed E-state index contributed by atoms with van der Waals surface area (Å²) in [7, 11) is 0. The number of hydrogen-bond acceptors (Lipinski definition) is 4. The van der Waals surface area contributed by atoms with Crippen LogP contribution in [0.25, 0.3) is 0 Å². The first-order valence-corrected chi connectivity index (χ1v) is 8.66. The molecule has 0 bridgehead atoms. The Balaban J connectivity index is 1.38. The summed E-state index contributed by atoms with van der Waals surface area (Å²) >= 11 is 0. The van der Waals surface area contributed by atoms with Crippen LogP contribution in [0.4, 0.5) is 10.2 Å². The molecule has 1 aromatic heterocycles. The second-order valence-corrected chi connectivity index (χ2v) is 6.52. The Hall–Kier alpha value is -2.14. The lowest BCUT2D eigenvalue weighted by atomic mass is 10.3. The Morgan fingerprint density at radius 2 is 1.71 bits per heavy atom. The molecule has 0 unspecified atom stereocenters. The monoisotopic (exact) mass is 327 g/mol. The van der Waals surface area contributed by atoms with Crippen molar-refractivity contribution in [1.82, 2.24) is 9.88 Å². The van der Waals surface area contributed by atoms with Gasteiger partial charge in [-0.2, -0.15) is 0 Å². The lowest BCUT2D eigenvalue weighted by molar-refractivity contribution is 0.283. The molecular weight excluding hydrogens is 305 g/mol. The molecular formula is C19H22FN3O. The molecule has 126 valence electrons. The number of pyridine rings is 1. The van der Waals surface area contributed by atoms with Crippen molar-refractivity contribution in [1.29, 1.82) is 0 Å². The first kappa shape index (κ1) is 15.4. The molecule has 24 heavy (non-hydrogen) atoms. The fourth-order valence-corrected chi connectivity index (χ4v) is 3.23. The van der Waals surface area contributed by atoms with Crippen LogP contribution in [0, 0.1) is 5.82 Å². The van der Waals surface area contributed by atoms with Gasteiger partial charge in [0, 0.05) is 32.2 Å². The highest BCUT2D eigenvalue weighted by molar-refractivity contribution is 5.42. The van der Waals surface area contributed by atoms with Gasteiger partial charge in [0.2, 0.25) is 0 Å². The van der Waals surface area contributed by atoms with E-state index >= 15 is 0 Å². The number of hydrogen-bond donors (Lipinski definition) is 0. The van der Waals surface area contributed by atoms with Crippen LogP contribution in [0.5, 0.6) is 11.5 Å². The molecule has 4 rings (SSSR count). The van der Waals surface area contributed by atoms with Crippen molar-refractivity contribution in [2.24, 2.45) is 0 Å². The molecule has 1 saturated carbocycles. The van der Waals surface area contributed by atoms with E-state index in [1.165, 1.54) is 37.9 Å². The Morgan fingerprint density at radius 1 is 0.917 bits per heavy atom. The minimum Gasteiger partial charge on any atom is -0.456 e. The molecule has 1 aliphatic heterocycles. The van der Waals surface area contributed by atoms with E-state index in [2.05, 4.69) is 14.8 Å². The van der Waals surface area contributed by atoms with Crippen LogP contribution < -0.4 is 9.64 Å². The number of nitrogens with zero attached hydrogens (tertiary/aromatic N) is 3. The van der Waals surface area contributed by atoms with E-state index in [0.29, 0.717) is 11.5 Å². The molecule has 1 aliphatic carbocycles. The molecule has 4 nitrogen and oxygen atoms in total. The molecule has 0 atom stereocenters. The highest BCUT2D eigenvalue weighted by Crippen LogP contribution is 2.28. The maximum absolute atomic E-state index is 12.9. The average molecular weight is 327 g/mol. The average Bonchev–Trinajstić information content (AvgIpc) is 3.44. The van der Waals surface area contributed by atoms with Gasteiger partial charge < -0.3 is 9.64 Å². The molecule has 1 aromatic carbocycles. The molecule has 0 N–H and O–H groups in total. The Labute approximate surface area is 141 Å². The van der Waals surface area contributed by atoms with Crippen LogP contribution in [-0.4, -0.2) is 42.1 Å². The maximum Gasteiger partial charge on any atom is 0.145 e. The highest BCUT2D eigenvalue weighted by Gasteiger charge is 2.30. The molecule has 2 aliphatic rings. The van der Waals surface area contributed by atoms with Crippen LogP contribution >= 0.6 is 0 Å². The third kappa shape index (κ3) is 3.67. The van der Waals surface area contributed by atoms with Crippen molar-refractivity contribution in [2.45, 2.75) is 25.3 Å². The zero-order valence-corrected chi connectivity index (χ0v) is 13.7. The van der Waals surface area contributed by atoms with Crippen molar-refractivity contribution >= 4 is 5.82 Å². The van der Waals surface area contributed by atoms with Gasteiger partial charge in [-0.25, -0.2) is 9.37 Å². The normalized spacial score (nSPS) is 19.1. The summed E-state index contributed by atoms with van der Waals surface area (Å²) in [6.07, 6.45) is 5.66. The van der Waals surface area contributed by atoms with Gasteiger partial charge in [-0.15, -0.1) is 0 Å². The summed E-state index contributed by atoms with van der Waals surface area (Å²) in [5.74, 6) is 2.01. The van der Waals surface area contributed by atoms with Crippen molar-refractivity contribution in [3.05, 3.63) is 48.4 Å². The molecule has 2 aromatic rings. The third-order valence-electron chi connectivity index (χ3n) is 4.69. The zero-order valence-electron chi connectivity index (χ0n) is 13.7. The summed E-state index contributed by atoms with van der Waals surface area (Å²) in [4.78, 5) is 9.52. The lowest BCUT2D eigenvalue weighted by Crippen LogP contribution is -2.32. The first-order chi connectivity index (χ1) is 11.8. The summed E-state index contributed by atoms with van der Waals surface area (Å²) in [6.45, 7) is 4.41. The number of benzene rings is 1. The van der Waals surface area contributed by atoms with E-state index in [1.54, 1.807) is 18.3 Å². The van der Waals surface area contributed by atoms with E-state index in [9.17, 15) is 4.39 Å². The van der Waals surface area contributed by atoms with Gasteiger partial charge >= 0.3 is 0 Å². The number of aromatic nitrogens is 1. The van der Waals surface area contributed by atoms with E-state index in [0.717, 1.165) is 31.5 Å². The summed E-state index contributed by atoms with van der Waals surface area (Å²) < 4.78 is 18.6. The van der Waals surface area contributed by atoms with Crippen molar-refractivity contribution < 1.29 is 9.13 Å². The number of anilines is 1. The van der Waals surface area contributed by atoms with Gasteiger partial charge in [0.05, 0.1) is 6.20 Å². The largest absolute Gasteiger partial charge is 0.456 e. The predicted molar refractivity (Wildman–Crippen MR) is 92.1 cm³/mol. The third-order valence-corrected chi connectivity index (χ3v) is 4.69. The van der Waals surface area contributed by atoms with E-state index in [-0.39, 0.29) is 5.82 Å². The minimum absolute atomic E-state index is 0.266. The molecule has 0 spiro atoms. The van der Waals surface area contributed by atoms with Crippen LogP contribution in [0.1, 0.15) is 19.3 Å². The topological polar surface area (TPSA) is 28.6 Å². The molecule has 0 radical (unpaired) electrons. The van der Waals surface area contributed by atoms with Gasteiger partial charge in [-0.3, -0.25) is 4.90 Å². The Morgan fingerprint density at radius 3 is 2.42 bits per heavy atom. The van der Waals surface area contributed by atoms with Crippen LogP contribution in [0.3, 0.4) is 0 Å². The van der Waals surface area contributed by atoms with Gasteiger partial charge in [0.15, 0.2) is 0 Å². The summed E-state index contributed by atoms with van der Waals surface area (Å²) in [5.41, 5.74) is 0. The smallest absolute Gasteiger partial charge is 0.145 e. The van der Waals surface area contributed by atoms with Gasteiger partial charge in [-0.1, -0.05) is 0 Å². The van der Waals surface area contributed by atoms with Gasteiger partial charge in [0.1, 0.15) is 23.1 Å². The predicted octanol–water partition coefficient (Wildman–Crippen LogP) is 3.69. The lowest BCUT2D eigenvalue weighted by Gasteiger charge is -2.22.